The highest BCUT2D eigenvalue weighted by molar-refractivity contribution is 7.20. The van der Waals surface area contributed by atoms with Crippen LogP contribution in [-0.4, -0.2) is 29.3 Å². The van der Waals surface area contributed by atoms with E-state index in [9.17, 15) is 4.79 Å². The van der Waals surface area contributed by atoms with E-state index in [4.69, 9.17) is 14.2 Å². The molecule has 1 aromatic carbocycles. The minimum Gasteiger partial charge on any atom is -0.462 e. The van der Waals surface area contributed by atoms with Gasteiger partial charge in [0.15, 0.2) is 11.5 Å². The van der Waals surface area contributed by atoms with E-state index in [0.29, 0.717) is 23.1 Å². The lowest BCUT2D eigenvalue weighted by Gasteiger charge is -2.08. The first-order chi connectivity index (χ1) is 12.2. The molecule has 0 saturated carbocycles. The lowest BCUT2D eigenvalue weighted by Crippen LogP contribution is -2.03. The third-order valence-electron chi connectivity index (χ3n) is 3.82. The molecule has 1 aliphatic heterocycles. The summed E-state index contributed by atoms with van der Waals surface area (Å²) in [5, 5.41) is 4.08. The van der Waals surface area contributed by atoms with Crippen molar-refractivity contribution in [2.24, 2.45) is 0 Å². The van der Waals surface area contributed by atoms with Crippen molar-refractivity contribution in [3.63, 3.8) is 0 Å². The topological polar surface area (TPSA) is 82.6 Å². The third kappa shape index (κ3) is 2.74. The molecule has 0 spiro atoms. The van der Waals surface area contributed by atoms with Gasteiger partial charge >= 0.3 is 5.97 Å². The highest BCUT2D eigenvalue weighted by Crippen LogP contribution is 2.38. The van der Waals surface area contributed by atoms with Crippen molar-refractivity contribution >= 4 is 39.0 Å². The van der Waals surface area contributed by atoms with Crippen molar-refractivity contribution in [3.05, 3.63) is 35.0 Å². The van der Waals surface area contributed by atoms with Gasteiger partial charge in [0.25, 0.3) is 0 Å². The predicted octanol–water partition coefficient (Wildman–Crippen LogP) is 3.65. The van der Waals surface area contributed by atoms with Crippen molar-refractivity contribution in [2.75, 3.05) is 18.7 Å². The maximum atomic E-state index is 12.1. The Bertz CT molecular complexity index is 970. The van der Waals surface area contributed by atoms with Crippen LogP contribution in [0.5, 0.6) is 11.5 Å². The number of benzene rings is 1. The molecule has 2 aromatic heterocycles. The fourth-order valence-electron chi connectivity index (χ4n) is 2.67. The van der Waals surface area contributed by atoms with Crippen LogP contribution in [-0.2, 0) is 4.74 Å². The van der Waals surface area contributed by atoms with Crippen LogP contribution in [0.1, 0.15) is 22.2 Å². The van der Waals surface area contributed by atoms with Gasteiger partial charge in [-0.25, -0.2) is 14.8 Å². The molecule has 25 heavy (non-hydrogen) atoms. The van der Waals surface area contributed by atoms with Gasteiger partial charge in [-0.1, -0.05) is 0 Å². The van der Waals surface area contributed by atoms with Gasteiger partial charge in [-0.2, -0.15) is 0 Å². The molecule has 0 aliphatic carbocycles. The van der Waals surface area contributed by atoms with Crippen LogP contribution in [0.3, 0.4) is 0 Å². The van der Waals surface area contributed by atoms with Crippen LogP contribution >= 0.6 is 11.3 Å². The van der Waals surface area contributed by atoms with Gasteiger partial charge < -0.3 is 19.5 Å². The van der Waals surface area contributed by atoms with E-state index in [1.807, 2.05) is 25.1 Å². The van der Waals surface area contributed by atoms with Crippen molar-refractivity contribution in [3.8, 4) is 11.5 Å². The molecule has 3 heterocycles. The number of esters is 1. The van der Waals surface area contributed by atoms with Crippen LogP contribution in [0.4, 0.5) is 11.5 Å². The van der Waals surface area contributed by atoms with E-state index >= 15 is 0 Å². The average molecular weight is 357 g/mol. The summed E-state index contributed by atoms with van der Waals surface area (Å²) >= 11 is 1.31. The molecule has 0 atom stereocenters. The second kappa shape index (κ2) is 6.21. The van der Waals surface area contributed by atoms with Gasteiger partial charge in [-0.3, -0.25) is 0 Å². The number of carbonyl (C=O) groups is 1. The molecule has 4 rings (SSSR count). The Balaban J connectivity index is 1.73. The van der Waals surface area contributed by atoms with Crippen LogP contribution < -0.4 is 14.8 Å². The van der Waals surface area contributed by atoms with Gasteiger partial charge in [0.2, 0.25) is 6.79 Å². The van der Waals surface area contributed by atoms with Crippen LogP contribution in [0.2, 0.25) is 0 Å². The summed E-state index contributed by atoms with van der Waals surface area (Å²) in [5.74, 6) is 1.70. The molecule has 0 saturated heterocycles. The average Bonchev–Trinajstić information content (AvgIpc) is 3.20. The van der Waals surface area contributed by atoms with Crippen LogP contribution in [0.25, 0.3) is 10.2 Å². The summed E-state index contributed by atoms with van der Waals surface area (Å²) in [5.41, 5.74) is 1.62. The van der Waals surface area contributed by atoms with Crippen LogP contribution in [0.15, 0.2) is 24.5 Å². The summed E-state index contributed by atoms with van der Waals surface area (Å²) in [6.07, 6.45) is 1.47. The Labute approximate surface area is 147 Å². The minimum atomic E-state index is -0.336. The number of anilines is 2. The summed E-state index contributed by atoms with van der Waals surface area (Å²) in [6, 6.07) is 5.58. The lowest BCUT2D eigenvalue weighted by atomic mass is 10.2. The zero-order valence-electron chi connectivity index (χ0n) is 13.7. The van der Waals surface area contributed by atoms with Gasteiger partial charge in [-0.15, -0.1) is 11.3 Å². The van der Waals surface area contributed by atoms with Crippen molar-refractivity contribution < 1.29 is 19.0 Å². The molecule has 1 N–H and O–H groups in total. The summed E-state index contributed by atoms with van der Waals surface area (Å²) < 4.78 is 15.8. The Morgan fingerprint density at radius 3 is 3.00 bits per heavy atom. The smallest absolute Gasteiger partial charge is 0.348 e. The van der Waals surface area contributed by atoms with Crippen molar-refractivity contribution in [1.82, 2.24) is 9.97 Å². The van der Waals surface area contributed by atoms with Gasteiger partial charge in [0.1, 0.15) is 21.9 Å². The molecule has 0 radical (unpaired) electrons. The molecule has 0 amide bonds. The summed E-state index contributed by atoms with van der Waals surface area (Å²) in [4.78, 5) is 22.0. The van der Waals surface area contributed by atoms with Gasteiger partial charge in [0.05, 0.1) is 12.0 Å². The number of fused-ring (bicyclic) bond motifs is 2. The zero-order chi connectivity index (χ0) is 17.4. The van der Waals surface area contributed by atoms with Crippen molar-refractivity contribution in [1.29, 1.82) is 0 Å². The predicted molar refractivity (Wildman–Crippen MR) is 94.0 cm³/mol. The van der Waals surface area contributed by atoms with E-state index in [1.165, 1.54) is 17.7 Å². The standard InChI is InChI=1S/C17H15N3O4S/c1-3-22-17(21)14-9(2)13-15(18-7-19-16(13)25-14)20-10-4-5-11-12(6-10)24-8-23-11/h4-7H,3,8H2,1-2H3,(H,18,19,20). The van der Waals surface area contributed by atoms with E-state index in [0.717, 1.165) is 27.2 Å². The maximum Gasteiger partial charge on any atom is 0.348 e. The molecule has 0 bridgehead atoms. The Hall–Kier alpha value is -2.87. The summed E-state index contributed by atoms with van der Waals surface area (Å²) in [6.45, 7) is 4.22. The second-order valence-corrected chi connectivity index (χ2v) is 6.37. The molecule has 7 nitrogen and oxygen atoms in total. The number of hydrogen-bond donors (Lipinski definition) is 1. The van der Waals surface area contributed by atoms with E-state index in [1.54, 1.807) is 6.92 Å². The van der Waals surface area contributed by atoms with Gasteiger partial charge in [-0.05, 0) is 31.5 Å². The normalized spacial score (nSPS) is 12.4. The number of nitrogens with one attached hydrogen (secondary N) is 1. The van der Waals surface area contributed by atoms with Gasteiger partial charge in [0, 0.05) is 11.8 Å². The number of thiophene rings is 1. The largest absolute Gasteiger partial charge is 0.462 e. The molecule has 1 aliphatic rings. The van der Waals surface area contributed by atoms with Crippen LogP contribution in [0, 0.1) is 6.92 Å². The quantitative estimate of drug-likeness (QED) is 0.714. The number of ether oxygens (including phenoxy) is 3. The van der Waals surface area contributed by atoms with Crippen molar-refractivity contribution in [2.45, 2.75) is 13.8 Å². The molecular weight excluding hydrogens is 342 g/mol. The minimum absolute atomic E-state index is 0.225. The third-order valence-corrected chi connectivity index (χ3v) is 5.00. The van der Waals surface area contributed by atoms with E-state index in [-0.39, 0.29) is 12.8 Å². The fourth-order valence-corrected chi connectivity index (χ4v) is 3.71. The molecule has 8 heteroatoms. The van der Waals surface area contributed by atoms with E-state index < -0.39 is 0 Å². The number of rotatable bonds is 4. The van der Waals surface area contributed by atoms with E-state index in [2.05, 4.69) is 15.3 Å². The monoisotopic (exact) mass is 357 g/mol. The number of nitrogens with zero attached hydrogens (tertiary/aromatic N) is 2. The SMILES string of the molecule is CCOC(=O)c1sc2ncnc(Nc3ccc4c(c3)OCO4)c2c1C. The number of hydrogen-bond acceptors (Lipinski definition) is 8. The first-order valence-corrected chi connectivity index (χ1v) is 8.57. The molecule has 0 fully saturated rings. The Morgan fingerprint density at radius 1 is 1.32 bits per heavy atom. The lowest BCUT2D eigenvalue weighted by molar-refractivity contribution is 0.0531. The molecular formula is C17H15N3O4S. The number of aryl methyl sites for hydroxylation is 1. The Morgan fingerprint density at radius 2 is 2.16 bits per heavy atom. The molecule has 0 unspecified atom stereocenters. The Kier molecular flexibility index (Phi) is 3.89. The highest BCUT2D eigenvalue weighted by atomic mass is 32.1. The second-order valence-electron chi connectivity index (χ2n) is 5.37. The molecule has 128 valence electrons. The zero-order valence-corrected chi connectivity index (χ0v) is 14.5. The highest BCUT2D eigenvalue weighted by Gasteiger charge is 2.21. The molecule has 3 aromatic rings. The summed E-state index contributed by atoms with van der Waals surface area (Å²) in [7, 11) is 0. The first-order valence-electron chi connectivity index (χ1n) is 7.75. The first kappa shape index (κ1) is 15.6. The maximum absolute atomic E-state index is 12.1. The fraction of sp³-hybridized carbons (Fsp3) is 0.235. The number of aromatic nitrogens is 2. The number of carbonyl (C=O) groups excluding carboxylic acids is 1.